The van der Waals surface area contributed by atoms with Gasteiger partial charge in [0, 0.05) is 26.7 Å². The number of sulfonamides is 1. The third-order valence-electron chi connectivity index (χ3n) is 5.24. The summed E-state index contributed by atoms with van der Waals surface area (Å²) in [6, 6.07) is 9.75. The molecule has 0 saturated carbocycles. The molecule has 2 aromatic rings. The van der Waals surface area contributed by atoms with E-state index in [0.29, 0.717) is 15.7 Å². The number of hydrogen-bond acceptors (Lipinski definition) is 6. The van der Waals surface area contributed by atoms with Crippen molar-refractivity contribution in [2.24, 2.45) is 5.41 Å². The fourth-order valence-electron chi connectivity index (χ4n) is 3.66. The van der Waals surface area contributed by atoms with E-state index in [2.05, 4.69) is 30.4 Å². The third-order valence-corrected chi connectivity index (χ3v) is 9.86. The highest BCUT2D eigenvalue weighted by Gasteiger charge is 2.32. The summed E-state index contributed by atoms with van der Waals surface area (Å²) in [6.07, 6.45) is 2.23. The molecule has 9 heteroatoms. The molecule has 1 aliphatic heterocycles. The van der Waals surface area contributed by atoms with E-state index in [1.807, 2.05) is 24.3 Å². The van der Waals surface area contributed by atoms with Crippen LogP contribution in [0, 0.1) is 5.41 Å². The molecule has 5 nitrogen and oxygen atoms in total. The van der Waals surface area contributed by atoms with Gasteiger partial charge in [0.05, 0.1) is 20.6 Å². The Morgan fingerprint density at radius 1 is 1.28 bits per heavy atom. The van der Waals surface area contributed by atoms with Gasteiger partial charge in [-0.2, -0.15) is 0 Å². The normalized spacial score (nSPS) is 19.6. The average molecular weight is 474 g/mol. The van der Waals surface area contributed by atoms with Crippen molar-refractivity contribution in [3.05, 3.63) is 35.4 Å². The minimum atomic E-state index is -3.41. The summed E-state index contributed by atoms with van der Waals surface area (Å²) in [5.41, 5.74) is 2.30. The summed E-state index contributed by atoms with van der Waals surface area (Å²) in [5, 5.41) is 0.726. The van der Waals surface area contributed by atoms with Crippen LogP contribution < -0.4 is 9.62 Å². The van der Waals surface area contributed by atoms with Crippen molar-refractivity contribution in [3.8, 4) is 0 Å². The van der Waals surface area contributed by atoms with Crippen LogP contribution in [0.4, 0.5) is 11.4 Å². The molecule has 1 unspecified atom stereocenters. The maximum atomic E-state index is 12.3. The Kier molecular flexibility index (Phi) is 6.80. The second-order valence-electron chi connectivity index (χ2n) is 8.36. The number of nitrogens with zero attached hydrogens (tertiary/aromatic N) is 2. The van der Waals surface area contributed by atoms with E-state index in [9.17, 15) is 8.42 Å². The zero-order valence-corrected chi connectivity index (χ0v) is 20.6. The van der Waals surface area contributed by atoms with Crippen molar-refractivity contribution >= 4 is 56.3 Å². The summed E-state index contributed by atoms with van der Waals surface area (Å²) < 4.78 is 30.4. The van der Waals surface area contributed by atoms with Gasteiger partial charge in [-0.25, -0.2) is 12.7 Å². The van der Waals surface area contributed by atoms with Gasteiger partial charge in [0.25, 0.3) is 10.0 Å². The average Bonchev–Trinajstić information content (AvgIpc) is 3.10. The molecule has 0 amide bonds. The van der Waals surface area contributed by atoms with Crippen LogP contribution in [-0.2, 0) is 10.0 Å². The highest BCUT2D eigenvalue weighted by Crippen LogP contribution is 2.43. The largest absolute Gasteiger partial charge is 0.366 e. The van der Waals surface area contributed by atoms with Crippen molar-refractivity contribution in [2.45, 2.75) is 48.1 Å². The van der Waals surface area contributed by atoms with Crippen molar-refractivity contribution < 1.29 is 8.42 Å². The molecule has 1 aromatic heterocycles. The summed E-state index contributed by atoms with van der Waals surface area (Å²) in [7, 11) is -0.326. The van der Waals surface area contributed by atoms with Crippen LogP contribution in [0.15, 0.2) is 38.8 Å². The van der Waals surface area contributed by atoms with Crippen LogP contribution >= 0.6 is 34.9 Å². The number of hydrogen-bond donors (Lipinski definition) is 1. The first-order valence-corrected chi connectivity index (χ1v) is 13.0. The van der Waals surface area contributed by atoms with Crippen molar-refractivity contribution in [1.82, 2.24) is 4.31 Å². The lowest BCUT2D eigenvalue weighted by Crippen LogP contribution is -2.44. The lowest BCUT2D eigenvalue weighted by atomic mass is 9.79. The van der Waals surface area contributed by atoms with E-state index >= 15 is 0 Å². The molecule has 3 rings (SSSR count). The van der Waals surface area contributed by atoms with E-state index in [-0.39, 0.29) is 0 Å². The van der Waals surface area contributed by atoms with Gasteiger partial charge in [-0.3, -0.25) is 0 Å². The van der Waals surface area contributed by atoms with E-state index in [1.165, 1.54) is 27.6 Å². The number of benzene rings is 1. The zero-order chi connectivity index (χ0) is 21.4. The van der Waals surface area contributed by atoms with Gasteiger partial charge < -0.3 is 9.62 Å². The zero-order valence-electron chi connectivity index (χ0n) is 17.4. The lowest BCUT2D eigenvalue weighted by molar-refractivity contribution is 0.244. The minimum Gasteiger partial charge on any atom is -0.366 e. The van der Waals surface area contributed by atoms with Gasteiger partial charge in [0.15, 0.2) is 0 Å². The molecule has 0 bridgehead atoms. The molecule has 29 heavy (non-hydrogen) atoms. The van der Waals surface area contributed by atoms with E-state index in [0.717, 1.165) is 40.0 Å². The minimum absolute atomic E-state index is 0.338. The fourth-order valence-corrected chi connectivity index (χ4v) is 7.38. The number of rotatable bonds is 6. The second kappa shape index (κ2) is 8.67. The number of halogens is 1. The first kappa shape index (κ1) is 22.7. The molecule has 1 fully saturated rings. The van der Waals surface area contributed by atoms with Crippen LogP contribution in [0.3, 0.4) is 0 Å². The fraction of sp³-hybridized carbons (Fsp3) is 0.500. The van der Waals surface area contributed by atoms with E-state index < -0.39 is 10.0 Å². The Hall–Kier alpha value is -0.930. The molecule has 0 spiro atoms. The Morgan fingerprint density at radius 2 is 2.00 bits per heavy atom. The molecular weight excluding hydrogens is 446 g/mol. The number of anilines is 2. The Labute approximate surface area is 187 Å². The highest BCUT2D eigenvalue weighted by molar-refractivity contribution is 8.02. The van der Waals surface area contributed by atoms with Crippen molar-refractivity contribution in [1.29, 1.82) is 0 Å². The maximum absolute atomic E-state index is 12.3. The number of piperidine rings is 1. The predicted molar refractivity (Wildman–Crippen MR) is 126 cm³/mol. The van der Waals surface area contributed by atoms with Crippen molar-refractivity contribution in [3.63, 3.8) is 0 Å². The molecule has 160 valence electrons. The Bertz CT molecular complexity index is 973. The first-order valence-electron chi connectivity index (χ1n) is 9.52. The van der Waals surface area contributed by atoms with Gasteiger partial charge in [0.1, 0.15) is 4.21 Å². The van der Waals surface area contributed by atoms with Gasteiger partial charge in [0.2, 0.25) is 0 Å². The number of nitrogens with one attached hydrogen (secondary N) is 1. The Balaban J connectivity index is 1.80. The number of thiophene rings is 1. The van der Waals surface area contributed by atoms with E-state index in [1.54, 1.807) is 20.2 Å². The SMILES string of the molecule is CC1CC(C)(C)CCN1c1c(Cl)cccc1NSc1ccc(S(=O)(=O)N(C)C)s1. The molecule has 1 saturated heterocycles. The van der Waals surface area contributed by atoms with Crippen LogP contribution in [-0.4, -0.2) is 39.4 Å². The summed E-state index contributed by atoms with van der Waals surface area (Å²) >= 11 is 9.27. The summed E-state index contributed by atoms with van der Waals surface area (Å²) in [6.45, 7) is 7.84. The molecule has 1 aliphatic rings. The van der Waals surface area contributed by atoms with Gasteiger partial charge in [-0.05, 0) is 61.4 Å². The quantitative estimate of drug-likeness (QED) is 0.538. The first-order chi connectivity index (χ1) is 13.5. The smallest absolute Gasteiger partial charge is 0.252 e. The van der Waals surface area contributed by atoms with Gasteiger partial charge in [-0.15, -0.1) is 11.3 Å². The molecule has 1 aromatic carbocycles. The summed E-state index contributed by atoms with van der Waals surface area (Å²) in [4.78, 5) is 2.38. The summed E-state index contributed by atoms with van der Waals surface area (Å²) in [5.74, 6) is 0. The molecule has 2 heterocycles. The standard InChI is InChI=1S/C20H28ClN3O2S3/c1-14-13-20(2,3)11-12-24(14)19-15(21)7-6-8-16(19)22-28-17-9-10-18(27-17)29(25,26)23(4)5/h6-10,14,22H,11-13H2,1-5H3. The monoisotopic (exact) mass is 473 g/mol. The topological polar surface area (TPSA) is 52.7 Å². The van der Waals surface area contributed by atoms with Crippen LogP contribution in [0.5, 0.6) is 0 Å². The molecule has 0 aliphatic carbocycles. The van der Waals surface area contributed by atoms with Crippen LogP contribution in [0.25, 0.3) is 0 Å². The van der Waals surface area contributed by atoms with Crippen molar-refractivity contribution in [2.75, 3.05) is 30.3 Å². The third kappa shape index (κ3) is 5.05. The number of para-hydroxylation sites is 1. The van der Waals surface area contributed by atoms with Crippen LogP contribution in [0.2, 0.25) is 5.02 Å². The maximum Gasteiger partial charge on any atom is 0.252 e. The molecule has 1 atom stereocenters. The molecular formula is C20H28ClN3O2S3. The Morgan fingerprint density at radius 3 is 2.66 bits per heavy atom. The molecule has 0 radical (unpaired) electrons. The van der Waals surface area contributed by atoms with E-state index in [4.69, 9.17) is 11.6 Å². The predicted octanol–water partition coefficient (Wildman–Crippen LogP) is 5.79. The highest BCUT2D eigenvalue weighted by atomic mass is 35.5. The second-order valence-corrected chi connectivity index (χ2v) is 13.3. The lowest BCUT2D eigenvalue weighted by Gasteiger charge is -2.44. The van der Waals surface area contributed by atoms with Crippen LogP contribution in [0.1, 0.15) is 33.6 Å². The van der Waals surface area contributed by atoms with Gasteiger partial charge >= 0.3 is 0 Å². The van der Waals surface area contributed by atoms with Gasteiger partial charge in [-0.1, -0.05) is 31.5 Å². The molecule has 1 N–H and O–H groups in total.